The van der Waals surface area contributed by atoms with Gasteiger partial charge in [-0.05, 0) is 80.8 Å². The molecule has 12 heteroatoms. The molecule has 0 aliphatic carbocycles. The van der Waals surface area contributed by atoms with Crippen LogP contribution in [0.1, 0.15) is 41.3 Å². The van der Waals surface area contributed by atoms with Gasteiger partial charge in [0.1, 0.15) is 17.2 Å². The fourth-order valence-electron chi connectivity index (χ4n) is 7.66. The van der Waals surface area contributed by atoms with E-state index in [2.05, 4.69) is 38.1 Å². The lowest BCUT2D eigenvalue weighted by molar-refractivity contribution is -0.142. The Bertz CT molecular complexity index is 2240. The van der Waals surface area contributed by atoms with Crippen molar-refractivity contribution in [1.29, 1.82) is 0 Å². The number of hydrogen-bond donors (Lipinski definition) is 1. The molecule has 2 aliphatic heterocycles. The standard InChI is InChI=1S/C40H40FN7O3S/c1-27-7-8-29(21-42-27)37-43-22-32(52-37)23-45-17-13-33(35(24-45)28-5-3-2-4-6-28)38(49)46-19-15-40(51,16-20-46)25-47-26-44-36-34(39(47)50)14-18-48(36)31-11-9-30(41)10-12-31/h2-12,14,18,21-22,26,33,35,51H,13,15-17,19-20,23-25H2,1H3/t33-,35+/m1/s1. The fourth-order valence-corrected chi connectivity index (χ4v) is 8.60. The Morgan fingerprint density at radius 3 is 2.50 bits per heavy atom. The SMILES string of the molecule is Cc1ccc(-c2ncc(CN3CC[C@@H](C(=O)N4CCC(O)(Cn5cnc6c(ccn6-c6ccc(F)cc6)c5=O)CC4)[C@H](c4ccccc4)C3)s2)cn1. The van der Waals surface area contributed by atoms with Gasteiger partial charge in [-0.25, -0.2) is 14.4 Å². The number of hydrogen-bond acceptors (Lipinski definition) is 8. The highest BCUT2D eigenvalue weighted by molar-refractivity contribution is 7.15. The molecule has 0 unspecified atom stereocenters. The summed E-state index contributed by atoms with van der Waals surface area (Å²) in [6.45, 7) is 5.23. The Kier molecular flexibility index (Phi) is 9.29. The number of aryl methyl sites for hydroxylation is 1. The minimum Gasteiger partial charge on any atom is -0.388 e. The lowest BCUT2D eigenvalue weighted by atomic mass is 9.79. The van der Waals surface area contributed by atoms with Gasteiger partial charge in [-0.15, -0.1) is 11.3 Å². The molecule has 0 spiro atoms. The molecule has 6 heterocycles. The van der Waals surface area contributed by atoms with Crippen LogP contribution < -0.4 is 5.56 Å². The maximum atomic E-state index is 14.2. The lowest BCUT2D eigenvalue weighted by Crippen LogP contribution is -2.53. The number of carbonyl (C=O) groups is 1. The lowest BCUT2D eigenvalue weighted by Gasteiger charge is -2.43. The number of benzene rings is 2. The highest BCUT2D eigenvalue weighted by Gasteiger charge is 2.41. The molecule has 1 N–H and O–H groups in total. The third kappa shape index (κ3) is 6.93. The van der Waals surface area contributed by atoms with Crippen LogP contribution in [-0.2, 0) is 17.9 Å². The molecule has 8 rings (SSSR count). The first kappa shape index (κ1) is 34.1. The van der Waals surface area contributed by atoms with Crippen molar-refractivity contribution in [2.75, 3.05) is 26.2 Å². The van der Waals surface area contributed by atoms with E-state index in [0.717, 1.165) is 47.9 Å². The highest BCUT2D eigenvalue weighted by Crippen LogP contribution is 2.37. The molecule has 6 aromatic rings. The number of thiazole rings is 1. The number of nitrogens with zero attached hydrogens (tertiary/aromatic N) is 7. The molecular weight excluding hydrogens is 678 g/mol. The largest absolute Gasteiger partial charge is 0.388 e. The number of piperidine rings is 2. The summed E-state index contributed by atoms with van der Waals surface area (Å²) in [7, 11) is 0. The molecular formula is C40H40FN7O3S. The van der Waals surface area contributed by atoms with Crippen LogP contribution in [0.2, 0.25) is 0 Å². The topological polar surface area (TPSA) is 109 Å². The summed E-state index contributed by atoms with van der Waals surface area (Å²) in [6, 6.07) is 22.1. The summed E-state index contributed by atoms with van der Waals surface area (Å²) >= 11 is 1.69. The molecule has 4 aromatic heterocycles. The van der Waals surface area contributed by atoms with E-state index in [1.165, 1.54) is 27.9 Å². The van der Waals surface area contributed by atoms with Crippen molar-refractivity contribution in [3.8, 4) is 16.3 Å². The van der Waals surface area contributed by atoms with Crippen molar-refractivity contribution in [3.05, 3.63) is 130 Å². The van der Waals surface area contributed by atoms with Gasteiger partial charge < -0.3 is 14.6 Å². The Labute approximate surface area is 304 Å². The molecule has 0 radical (unpaired) electrons. The van der Waals surface area contributed by atoms with Gasteiger partial charge in [-0.2, -0.15) is 0 Å². The van der Waals surface area contributed by atoms with E-state index < -0.39 is 5.60 Å². The number of amides is 1. The molecule has 0 saturated carbocycles. The third-order valence-electron chi connectivity index (χ3n) is 10.6. The number of aromatic nitrogens is 5. The van der Waals surface area contributed by atoms with Crippen LogP contribution in [0.3, 0.4) is 0 Å². The summed E-state index contributed by atoms with van der Waals surface area (Å²) in [4.78, 5) is 46.8. The predicted molar refractivity (Wildman–Crippen MR) is 199 cm³/mol. The number of pyridine rings is 1. The van der Waals surface area contributed by atoms with E-state index in [1.807, 2.05) is 48.5 Å². The number of rotatable bonds is 8. The highest BCUT2D eigenvalue weighted by atomic mass is 32.1. The van der Waals surface area contributed by atoms with Crippen LogP contribution in [0.5, 0.6) is 0 Å². The van der Waals surface area contributed by atoms with Gasteiger partial charge in [-0.3, -0.25) is 24.0 Å². The van der Waals surface area contributed by atoms with E-state index in [0.29, 0.717) is 42.7 Å². The number of carbonyl (C=O) groups excluding carboxylic acids is 1. The average molecular weight is 718 g/mol. The van der Waals surface area contributed by atoms with Gasteiger partial charge in [0.15, 0.2) is 5.65 Å². The van der Waals surface area contributed by atoms with Gasteiger partial charge >= 0.3 is 0 Å². The van der Waals surface area contributed by atoms with Crippen molar-refractivity contribution < 1.29 is 14.3 Å². The van der Waals surface area contributed by atoms with E-state index in [1.54, 1.807) is 40.3 Å². The zero-order valence-corrected chi connectivity index (χ0v) is 29.8. The van der Waals surface area contributed by atoms with Gasteiger partial charge in [-0.1, -0.05) is 30.3 Å². The Balaban J connectivity index is 0.927. The first-order valence-electron chi connectivity index (χ1n) is 17.7. The van der Waals surface area contributed by atoms with Gasteiger partial charge in [0, 0.05) is 78.4 Å². The maximum Gasteiger partial charge on any atom is 0.262 e. The third-order valence-corrected chi connectivity index (χ3v) is 11.6. The van der Waals surface area contributed by atoms with Gasteiger partial charge in [0.2, 0.25) is 5.91 Å². The average Bonchev–Trinajstić information content (AvgIpc) is 3.82. The van der Waals surface area contributed by atoms with Crippen molar-refractivity contribution in [2.24, 2.45) is 5.92 Å². The first-order valence-corrected chi connectivity index (χ1v) is 18.5. The summed E-state index contributed by atoms with van der Waals surface area (Å²) < 4.78 is 16.7. The molecule has 52 heavy (non-hydrogen) atoms. The molecule has 0 bridgehead atoms. The van der Waals surface area contributed by atoms with E-state index >= 15 is 0 Å². The monoisotopic (exact) mass is 717 g/mol. The van der Waals surface area contributed by atoms with Crippen molar-refractivity contribution >= 4 is 28.3 Å². The zero-order valence-electron chi connectivity index (χ0n) is 28.9. The van der Waals surface area contributed by atoms with Crippen molar-refractivity contribution in [1.82, 2.24) is 33.9 Å². The van der Waals surface area contributed by atoms with Crippen molar-refractivity contribution in [2.45, 2.75) is 50.8 Å². The minimum absolute atomic E-state index is 0.0375. The molecule has 2 aromatic carbocycles. The van der Waals surface area contributed by atoms with E-state index in [4.69, 9.17) is 0 Å². The smallest absolute Gasteiger partial charge is 0.262 e. The molecule has 266 valence electrons. The van der Waals surface area contributed by atoms with E-state index in [9.17, 15) is 19.1 Å². The van der Waals surface area contributed by atoms with Gasteiger partial charge in [0.05, 0.1) is 17.5 Å². The molecule has 2 saturated heterocycles. The normalized spacial score (nSPS) is 19.2. The second kappa shape index (κ2) is 14.2. The number of fused-ring (bicyclic) bond motifs is 1. The van der Waals surface area contributed by atoms with Crippen LogP contribution in [0.15, 0.2) is 103 Å². The van der Waals surface area contributed by atoms with Crippen LogP contribution in [0, 0.1) is 18.7 Å². The molecule has 1 amide bonds. The molecule has 2 fully saturated rings. The summed E-state index contributed by atoms with van der Waals surface area (Å²) in [5.41, 5.74) is 2.91. The molecule has 2 atom stereocenters. The van der Waals surface area contributed by atoms with Crippen molar-refractivity contribution in [3.63, 3.8) is 0 Å². The first-order chi connectivity index (χ1) is 25.2. The Hall–Kier alpha value is -5.04. The minimum atomic E-state index is -1.15. The second-order valence-corrected chi connectivity index (χ2v) is 15.2. The van der Waals surface area contributed by atoms with Crippen LogP contribution in [-0.4, -0.2) is 76.7 Å². The Morgan fingerprint density at radius 2 is 1.75 bits per heavy atom. The number of likely N-dealkylation sites (tertiary alicyclic amines) is 2. The molecule has 10 nitrogen and oxygen atoms in total. The second-order valence-electron chi connectivity index (χ2n) is 14.1. The summed E-state index contributed by atoms with van der Waals surface area (Å²) in [6.07, 6.45) is 8.49. The van der Waals surface area contributed by atoms with Crippen LogP contribution in [0.25, 0.3) is 27.3 Å². The van der Waals surface area contributed by atoms with Gasteiger partial charge in [0.25, 0.3) is 5.56 Å². The zero-order chi connectivity index (χ0) is 35.8. The summed E-state index contributed by atoms with van der Waals surface area (Å²) in [5.74, 6) is -0.340. The molecule has 2 aliphatic rings. The van der Waals surface area contributed by atoms with Crippen LogP contribution in [0.4, 0.5) is 4.39 Å². The maximum absolute atomic E-state index is 14.2. The van der Waals surface area contributed by atoms with E-state index in [-0.39, 0.29) is 35.7 Å². The quantitative estimate of drug-likeness (QED) is 0.212. The van der Waals surface area contributed by atoms with Crippen LogP contribution >= 0.6 is 11.3 Å². The number of halogens is 1. The predicted octanol–water partition coefficient (Wildman–Crippen LogP) is 5.81. The number of aliphatic hydroxyl groups is 1. The fraction of sp³-hybridized carbons (Fsp3) is 0.325. The Morgan fingerprint density at radius 1 is 0.962 bits per heavy atom. The summed E-state index contributed by atoms with van der Waals surface area (Å²) in [5, 5.41) is 13.0.